The molecule has 0 aliphatic rings. The first-order chi connectivity index (χ1) is 7.48. The maximum absolute atomic E-state index is 9.99. The van der Waals surface area contributed by atoms with E-state index in [1.54, 1.807) is 0 Å². The van der Waals surface area contributed by atoms with Crippen LogP contribution >= 0.6 is 0 Å². The van der Waals surface area contributed by atoms with Gasteiger partial charge in [0.05, 0.1) is 5.60 Å². The molecule has 0 fully saturated rings. The van der Waals surface area contributed by atoms with Gasteiger partial charge >= 0.3 is 0 Å². The van der Waals surface area contributed by atoms with Gasteiger partial charge in [-0.25, -0.2) is 0 Å². The summed E-state index contributed by atoms with van der Waals surface area (Å²) in [5.41, 5.74) is -0.658. The third kappa shape index (κ3) is 10.4. The van der Waals surface area contributed by atoms with E-state index in [9.17, 15) is 5.11 Å². The van der Waals surface area contributed by atoms with Crippen LogP contribution in [0.15, 0.2) is 0 Å². The first kappa shape index (κ1) is 15.8. The lowest BCUT2D eigenvalue weighted by Crippen LogP contribution is -2.45. The average molecular weight is 232 g/mol. The largest absolute Gasteiger partial charge is 0.396 e. The second-order valence-electron chi connectivity index (χ2n) is 5.05. The lowest BCUT2D eigenvalue weighted by atomic mass is 10.1. The first-order valence-corrected chi connectivity index (χ1v) is 6.16. The molecule has 0 aliphatic carbocycles. The minimum Gasteiger partial charge on any atom is -0.396 e. The lowest BCUT2D eigenvalue weighted by molar-refractivity contribution is 0.0339. The topological polar surface area (TPSA) is 55.7 Å². The zero-order valence-corrected chi connectivity index (χ0v) is 11.0. The molecule has 98 valence electrons. The van der Waals surface area contributed by atoms with Gasteiger partial charge < -0.3 is 20.4 Å². The molecule has 1 atom stereocenters. The summed E-state index contributed by atoms with van der Waals surface area (Å²) >= 11 is 0. The van der Waals surface area contributed by atoms with Crippen molar-refractivity contribution in [1.82, 2.24) is 10.2 Å². The molecule has 0 bridgehead atoms. The standard InChI is InChI=1S/C12H28N2O2/c1-12(16,11-14(2)3)10-13-8-6-4-5-7-9-15/h13,15-16H,4-11H2,1-3H3. The van der Waals surface area contributed by atoms with E-state index >= 15 is 0 Å². The normalized spacial score (nSPS) is 15.4. The molecule has 0 aromatic rings. The maximum atomic E-state index is 9.99. The van der Waals surface area contributed by atoms with Crippen molar-refractivity contribution in [3.63, 3.8) is 0 Å². The van der Waals surface area contributed by atoms with Gasteiger partial charge in [-0.15, -0.1) is 0 Å². The summed E-state index contributed by atoms with van der Waals surface area (Å²) in [5.74, 6) is 0. The van der Waals surface area contributed by atoms with Crippen molar-refractivity contribution >= 4 is 0 Å². The Labute approximate surface area is 99.7 Å². The van der Waals surface area contributed by atoms with Crippen LogP contribution in [0.5, 0.6) is 0 Å². The quantitative estimate of drug-likeness (QED) is 0.479. The Bertz CT molecular complexity index is 161. The first-order valence-electron chi connectivity index (χ1n) is 6.16. The number of aliphatic hydroxyl groups is 2. The Hall–Kier alpha value is -0.160. The molecule has 0 aliphatic heterocycles. The van der Waals surface area contributed by atoms with E-state index < -0.39 is 5.60 Å². The molecule has 0 heterocycles. The smallest absolute Gasteiger partial charge is 0.0869 e. The summed E-state index contributed by atoms with van der Waals surface area (Å²) in [4.78, 5) is 1.99. The van der Waals surface area contributed by atoms with Crippen molar-refractivity contribution in [2.75, 3.05) is 40.3 Å². The third-order valence-electron chi connectivity index (χ3n) is 2.42. The van der Waals surface area contributed by atoms with Crippen LogP contribution in [0.3, 0.4) is 0 Å². The van der Waals surface area contributed by atoms with Crippen LogP contribution < -0.4 is 5.32 Å². The van der Waals surface area contributed by atoms with Crippen molar-refractivity contribution in [2.24, 2.45) is 0 Å². The van der Waals surface area contributed by atoms with Crippen LogP contribution in [0.25, 0.3) is 0 Å². The van der Waals surface area contributed by atoms with Crippen molar-refractivity contribution in [3.05, 3.63) is 0 Å². The Morgan fingerprint density at radius 1 is 1.12 bits per heavy atom. The molecule has 0 aromatic carbocycles. The molecule has 0 aromatic heterocycles. The predicted molar refractivity (Wildman–Crippen MR) is 67.6 cm³/mol. The van der Waals surface area contributed by atoms with Crippen LogP contribution in [0.2, 0.25) is 0 Å². The van der Waals surface area contributed by atoms with Crippen LogP contribution in [-0.4, -0.2) is 61.1 Å². The van der Waals surface area contributed by atoms with Crippen LogP contribution in [-0.2, 0) is 0 Å². The highest BCUT2D eigenvalue weighted by atomic mass is 16.3. The Morgan fingerprint density at radius 2 is 1.75 bits per heavy atom. The Balaban J connectivity index is 3.36. The van der Waals surface area contributed by atoms with E-state index in [1.807, 2.05) is 25.9 Å². The van der Waals surface area contributed by atoms with Gasteiger partial charge in [0, 0.05) is 19.7 Å². The second-order valence-corrected chi connectivity index (χ2v) is 5.05. The van der Waals surface area contributed by atoms with Gasteiger partial charge in [-0.3, -0.25) is 0 Å². The van der Waals surface area contributed by atoms with Crippen molar-refractivity contribution in [1.29, 1.82) is 0 Å². The summed E-state index contributed by atoms with van der Waals surface area (Å²) in [6.45, 7) is 4.39. The number of hydrogen-bond donors (Lipinski definition) is 3. The second kappa shape index (κ2) is 8.93. The number of unbranched alkanes of at least 4 members (excludes halogenated alkanes) is 3. The van der Waals surface area contributed by atoms with Crippen LogP contribution in [0.1, 0.15) is 32.6 Å². The fourth-order valence-electron chi connectivity index (χ4n) is 1.81. The molecule has 16 heavy (non-hydrogen) atoms. The molecule has 0 saturated carbocycles. The number of aliphatic hydroxyl groups excluding tert-OH is 1. The van der Waals surface area contributed by atoms with Gasteiger partial charge in [0.2, 0.25) is 0 Å². The van der Waals surface area contributed by atoms with Gasteiger partial charge in [-0.05, 0) is 40.4 Å². The van der Waals surface area contributed by atoms with E-state index in [2.05, 4.69) is 5.32 Å². The third-order valence-corrected chi connectivity index (χ3v) is 2.42. The molecule has 0 radical (unpaired) electrons. The molecular formula is C12H28N2O2. The molecule has 0 saturated heterocycles. The monoisotopic (exact) mass is 232 g/mol. The zero-order chi connectivity index (χ0) is 12.4. The molecule has 0 amide bonds. The molecule has 4 heteroatoms. The summed E-state index contributed by atoms with van der Waals surface area (Å²) in [7, 11) is 3.92. The van der Waals surface area contributed by atoms with Gasteiger partial charge in [0.15, 0.2) is 0 Å². The highest BCUT2D eigenvalue weighted by Gasteiger charge is 2.20. The van der Waals surface area contributed by atoms with Crippen molar-refractivity contribution < 1.29 is 10.2 Å². The van der Waals surface area contributed by atoms with Crippen LogP contribution in [0, 0.1) is 0 Å². The SMILES string of the molecule is CN(C)CC(C)(O)CNCCCCCCO. The Kier molecular flexibility index (Phi) is 8.84. The van der Waals surface area contributed by atoms with E-state index in [1.165, 1.54) is 0 Å². The van der Waals surface area contributed by atoms with Crippen molar-refractivity contribution in [2.45, 2.75) is 38.2 Å². The van der Waals surface area contributed by atoms with Gasteiger partial charge in [-0.2, -0.15) is 0 Å². The van der Waals surface area contributed by atoms with Gasteiger partial charge in [0.1, 0.15) is 0 Å². The van der Waals surface area contributed by atoms with E-state index in [0.717, 1.165) is 32.2 Å². The number of nitrogens with one attached hydrogen (secondary N) is 1. The molecule has 3 N–H and O–H groups in total. The number of rotatable bonds is 10. The van der Waals surface area contributed by atoms with E-state index in [4.69, 9.17) is 5.11 Å². The van der Waals surface area contributed by atoms with Crippen LogP contribution in [0.4, 0.5) is 0 Å². The lowest BCUT2D eigenvalue weighted by Gasteiger charge is -2.27. The summed E-state index contributed by atoms with van der Waals surface area (Å²) in [6.07, 6.45) is 4.24. The minimum atomic E-state index is -0.658. The summed E-state index contributed by atoms with van der Waals surface area (Å²) < 4.78 is 0. The fraction of sp³-hybridized carbons (Fsp3) is 1.00. The van der Waals surface area contributed by atoms with Gasteiger partial charge in [-0.1, -0.05) is 12.8 Å². The van der Waals surface area contributed by atoms with E-state index in [-0.39, 0.29) is 0 Å². The van der Waals surface area contributed by atoms with Gasteiger partial charge in [0.25, 0.3) is 0 Å². The predicted octanol–water partition coefficient (Wildman–Crippen LogP) is 0.441. The summed E-state index contributed by atoms with van der Waals surface area (Å²) in [6, 6.07) is 0. The van der Waals surface area contributed by atoms with Crippen molar-refractivity contribution in [3.8, 4) is 0 Å². The number of hydrogen-bond acceptors (Lipinski definition) is 4. The minimum absolute atomic E-state index is 0.297. The highest BCUT2D eigenvalue weighted by Crippen LogP contribution is 2.03. The summed E-state index contributed by atoms with van der Waals surface area (Å²) in [5, 5.41) is 21.9. The number of nitrogens with zero attached hydrogens (tertiary/aromatic N) is 1. The molecule has 1 unspecified atom stereocenters. The Morgan fingerprint density at radius 3 is 2.31 bits per heavy atom. The molecular weight excluding hydrogens is 204 g/mol. The average Bonchev–Trinajstić information content (AvgIpc) is 2.14. The molecule has 0 rings (SSSR count). The zero-order valence-electron chi connectivity index (χ0n) is 11.0. The molecule has 0 spiro atoms. The van der Waals surface area contributed by atoms with E-state index in [0.29, 0.717) is 19.7 Å². The maximum Gasteiger partial charge on any atom is 0.0869 e. The molecule has 4 nitrogen and oxygen atoms in total. The fourth-order valence-corrected chi connectivity index (χ4v) is 1.81. The highest BCUT2D eigenvalue weighted by molar-refractivity contribution is 4.77. The number of likely N-dealkylation sites (N-methyl/N-ethyl adjacent to an activating group) is 1.